The molecule has 1 amide bonds. The molecule has 28 heavy (non-hydrogen) atoms. The molecule has 2 aromatic carbocycles. The zero-order valence-electron chi connectivity index (χ0n) is 17.4. The predicted molar refractivity (Wildman–Crippen MR) is 115 cm³/mol. The quantitative estimate of drug-likeness (QED) is 0.428. The van der Waals surface area contributed by atoms with E-state index in [2.05, 4.69) is 19.2 Å². The molecule has 0 aliphatic rings. The molecule has 152 valence electrons. The van der Waals surface area contributed by atoms with Gasteiger partial charge >= 0.3 is 0 Å². The van der Waals surface area contributed by atoms with Crippen LogP contribution in [0.2, 0.25) is 0 Å². The van der Waals surface area contributed by atoms with Gasteiger partial charge in [-0.05, 0) is 56.2 Å². The SMILES string of the molecule is CCCCCCCOc1ccc(C(=O)Nc2cccc(OC(C)CC)c2)cc1. The second kappa shape index (κ2) is 12.1. The summed E-state index contributed by atoms with van der Waals surface area (Å²) >= 11 is 0. The maximum Gasteiger partial charge on any atom is 0.255 e. The molecule has 1 atom stereocenters. The summed E-state index contributed by atoms with van der Waals surface area (Å²) in [6, 6.07) is 14.8. The molecule has 0 aliphatic carbocycles. The number of anilines is 1. The third-order valence-electron chi connectivity index (χ3n) is 4.64. The van der Waals surface area contributed by atoms with E-state index in [1.807, 2.05) is 43.3 Å². The summed E-state index contributed by atoms with van der Waals surface area (Å²) in [5.74, 6) is 1.41. The number of benzene rings is 2. The van der Waals surface area contributed by atoms with Crippen LogP contribution >= 0.6 is 0 Å². The van der Waals surface area contributed by atoms with Gasteiger partial charge < -0.3 is 14.8 Å². The van der Waals surface area contributed by atoms with Gasteiger partial charge in [-0.15, -0.1) is 0 Å². The number of unbranched alkanes of at least 4 members (excludes halogenated alkanes) is 4. The second-order valence-electron chi connectivity index (χ2n) is 7.11. The normalized spacial score (nSPS) is 11.7. The molecule has 0 heterocycles. The zero-order chi connectivity index (χ0) is 20.2. The molecule has 2 rings (SSSR count). The minimum Gasteiger partial charge on any atom is -0.494 e. The smallest absolute Gasteiger partial charge is 0.255 e. The molecule has 2 aromatic rings. The van der Waals surface area contributed by atoms with Gasteiger partial charge in [0.2, 0.25) is 0 Å². The van der Waals surface area contributed by atoms with Crippen LogP contribution in [0.1, 0.15) is 69.7 Å². The highest BCUT2D eigenvalue weighted by Crippen LogP contribution is 2.20. The van der Waals surface area contributed by atoms with Crippen molar-refractivity contribution in [3.63, 3.8) is 0 Å². The summed E-state index contributed by atoms with van der Waals surface area (Å²) < 4.78 is 11.6. The number of nitrogens with one attached hydrogen (secondary N) is 1. The van der Waals surface area contributed by atoms with E-state index in [4.69, 9.17) is 9.47 Å². The van der Waals surface area contributed by atoms with Gasteiger partial charge in [0.25, 0.3) is 5.91 Å². The van der Waals surface area contributed by atoms with Crippen molar-refractivity contribution < 1.29 is 14.3 Å². The third-order valence-corrected chi connectivity index (χ3v) is 4.64. The van der Waals surface area contributed by atoms with E-state index >= 15 is 0 Å². The van der Waals surface area contributed by atoms with Crippen LogP contribution in [0.5, 0.6) is 11.5 Å². The molecule has 0 radical (unpaired) electrons. The van der Waals surface area contributed by atoms with Crippen LogP contribution in [-0.2, 0) is 0 Å². The van der Waals surface area contributed by atoms with Gasteiger partial charge in [0, 0.05) is 17.3 Å². The van der Waals surface area contributed by atoms with Crippen LogP contribution in [0.4, 0.5) is 5.69 Å². The van der Waals surface area contributed by atoms with Crippen molar-refractivity contribution >= 4 is 11.6 Å². The summed E-state index contributed by atoms with van der Waals surface area (Å²) in [5.41, 5.74) is 1.32. The van der Waals surface area contributed by atoms with Crippen molar-refractivity contribution in [3.8, 4) is 11.5 Å². The van der Waals surface area contributed by atoms with Gasteiger partial charge in [-0.25, -0.2) is 0 Å². The molecule has 0 saturated carbocycles. The Kier molecular flexibility index (Phi) is 9.40. The third kappa shape index (κ3) is 7.63. The second-order valence-corrected chi connectivity index (χ2v) is 7.11. The lowest BCUT2D eigenvalue weighted by molar-refractivity contribution is 0.102. The molecular formula is C24H33NO3. The Morgan fingerprint density at radius 2 is 1.71 bits per heavy atom. The number of carbonyl (C=O) groups excluding carboxylic acids is 1. The highest BCUT2D eigenvalue weighted by Gasteiger charge is 2.08. The lowest BCUT2D eigenvalue weighted by atomic mass is 10.1. The lowest BCUT2D eigenvalue weighted by Gasteiger charge is -2.13. The Hall–Kier alpha value is -2.49. The molecule has 0 bridgehead atoms. The van der Waals surface area contributed by atoms with Crippen molar-refractivity contribution in [2.45, 2.75) is 65.4 Å². The molecule has 4 heteroatoms. The lowest BCUT2D eigenvalue weighted by Crippen LogP contribution is -2.13. The molecule has 4 nitrogen and oxygen atoms in total. The predicted octanol–water partition coefficient (Wildman–Crippen LogP) is 6.47. The topological polar surface area (TPSA) is 47.6 Å². The fourth-order valence-corrected chi connectivity index (χ4v) is 2.76. The summed E-state index contributed by atoms with van der Waals surface area (Å²) in [6.07, 6.45) is 7.15. The van der Waals surface area contributed by atoms with Gasteiger partial charge in [0.15, 0.2) is 0 Å². The van der Waals surface area contributed by atoms with Crippen molar-refractivity contribution in [2.75, 3.05) is 11.9 Å². The van der Waals surface area contributed by atoms with Crippen LogP contribution in [0.25, 0.3) is 0 Å². The van der Waals surface area contributed by atoms with Gasteiger partial charge in [-0.1, -0.05) is 45.6 Å². The van der Waals surface area contributed by atoms with Gasteiger partial charge in [-0.3, -0.25) is 4.79 Å². The molecule has 0 aromatic heterocycles. The molecule has 0 fully saturated rings. The molecule has 0 aliphatic heterocycles. The first-order valence-electron chi connectivity index (χ1n) is 10.4. The number of carbonyl (C=O) groups is 1. The fraction of sp³-hybridized carbons (Fsp3) is 0.458. The average molecular weight is 384 g/mol. The molecule has 0 saturated heterocycles. The summed E-state index contributed by atoms with van der Waals surface area (Å²) in [5, 5.41) is 2.92. The first kappa shape index (κ1) is 21.8. The van der Waals surface area contributed by atoms with Gasteiger partial charge in [0.1, 0.15) is 11.5 Å². The number of rotatable bonds is 12. The summed E-state index contributed by atoms with van der Waals surface area (Å²) in [6.45, 7) is 7.04. The number of hydrogen-bond acceptors (Lipinski definition) is 3. The van der Waals surface area contributed by atoms with Crippen molar-refractivity contribution in [3.05, 3.63) is 54.1 Å². The van der Waals surface area contributed by atoms with Crippen molar-refractivity contribution in [1.82, 2.24) is 0 Å². The largest absolute Gasteiger partial charge is 0.494 e. The highest BCUT2D eigenvalue weighted by atomic mass is 16.5. The van der Waals surface area contributed by atoms with Gasteiger partial charge in [-0.2, -0.15) is 0 Å². The van der Waals surface area contributed by atoms with E-state index in [1.54, 1.807) is 12.1 Å². The monoisotopic (exact) mass is 383 g/mol. The van der Waals surface area contributed by atoms with Crippen LogP contribution in [0.15, 0.2) is 48.5 Å². The van der Waals surface area contributed by atoms with Crippen LogP contribution in [0.3, 0.4) is 0 Å². The minimum absolute atomic E-state index is 0.144. The van der Waals surface area contributed by atoms with E-state index < -0.39 is 0 Å². The Bertz CT molecular complexity index is 712. The van der Waals surface area contributed by atoms with E-state index in [1.165, 1.54) is 25.7 Å². The van der Waals surface area contributed by atoms with Crippen LogP contribution in [-0.4, -0.2) is 18.6 Å². The molecule has 1 unspecified atom stereocenters. The van der Waals surface area contributed by atoms with Crippen molar-refractivity contribution in [1.29, 1.82) is 0 Å². The first-order valence-corrected chi connectivity index (χ1v) is 10.4. The maximum absolute atomic E-state index is 12.5. The molecule has 1 N–H and O–H groups in total. The van der Waals surface area contributed by atoms with E-state index in [0.717, 1.165) is 36.6 Å². The Morgan fingerprint density at radius 3 is 2.43 bits per heavy atom. The summed E-state index contributed by atoms with van der Waals surface area (Å²) in [4.78, 5) is 12.5. The van der Waals surface area contributed by atoms with E-state index in [9.17, 15) is 4.79 Å². The minimum atomic E-state index is -0.146. The Morgan fingerprint density at radius 1 is 0.964 bits per heavy atom. The fourth-order valence-electron chi connectivity index (χ4n) is 2.76. The summed E-state index contributed by atoms with van der Waals surface area (Å²) in [7, 11) is 0. The highest BCUT2D eigenvalue weighted by molar-refractivity contribution is 6.04. The molecule has 0 spiro atoms. The number of ether oxygens (including phenoxy) is 2. The Labute approximate surface area is 169 Å². The van der Waals surface area contributed by atoms with Crippen LogP contribution in [0, 0.1) is 0 Å². The van der Waals surface area contributed by atoms with E-state index in [-0.39, 0.29) is 12.0 Å². The number of amides is 1. The van der Waals surface area contributed by atoms with Crippen LogP contribution < -0.4 is 14.8 Å². The standard InChI is InChI=1S/C24H33NO3/c1-4-6-7-8-9-17-27-22-15-13-20(14-16-22)24(26)25-21-11-10-12-23(18-21)28-19(3)5-2/h10-16,18-19H,4-9,17H2,1-3H3,(H,25,26). The number of hydrogen-bond donors (Lipinski definition) is 1. The van der Waals surface area contributed by atoms with Gasteiger partial charge in [0.05, 0.1) is 12.7 Å². The van der Waals surface area contributed by atoms with Crippen molar-refractivity contribution in [2.24, 2.45) is 0 Å². The first-order chi connectivity index (χ1) is 13.6. The van der Waals surface area contributed by atoms with E-state index in [0.29, 0.717) is 5.56 Å². The maximum atomic E-state index is 12.5. The Balaban J connectivity index is 1.83. The average Bonchev–Trinajstić information content (AvgIpc) is 2.71. The zero-order valence-corrected chi connectivity index (χ0v) is 17.4. The molecular weight excluding hydrogens is 350 g/mol.